The number of H-pyrrole nitrogens is 1. The summed E-state index contributed by atoms with van der Waals surface area (Å²) < 4.78 is 0.620. The van der Waals surface area contributed by atoms with E-state index in [0.29, 0.717) is 21.9 Å². The third-order valence-corrected chi connectivity index (χ3v) is 5.57. The molecule has 1 N–H and O–H groups in total. The molecule has 0 fully saturated rings. The van der Waals surface area contributed by atoms with Gasteiger partial charge in [-0.3, -0.25) is 9.59 Å². The molecule has 1 aliphatic heterocycles. The van der Waals surface area contributed by atoms with Gasteiger partial charge in [0.25, 0.3) is 5.56 Å². The summed E-state index contributed by atoms with van der Waals surface area (Å²) in [5.74, 6) is 0.292. The van der Waals surface area contributed by atoms with Crippen molar-refractivity contribution in [3.8, 4) is 0 Å². The molecule has 1 amide bonds. The molecule has 0 saturated carbocycles. The van der Waals surface area contributed by atoms with Crippen molar-refractivity contribution >= 4 is 44.9 Å². The number of para-hydroxylation sites is 1. The second-order valence-corrected chi connectivity index (χ2v) is 7.10. The molecule has 0 aliphatic carbocycles. The highest BCUT2D eigenvalue weighted by molar-refractivity contribution is 7.99. The molecule has 5 nitrogen and oxygen atoms in total. The second-order valence-electron chi connectivity index (χ2n) is 5.22. The number of benzene rings is 1. The number of hydrogen-bond acceptors (Lipinski definition) is 5. The number of nitrogens with zero attached hydrogens (tertiary/aromatic N) is 2. The molecule has 116 valence electrons. The summed E-state index contributed by atoms with van der Waals surface area (Å²) in [5.41, 5.74) is 2.73. The van der Waals surface area contributed by atoms with Crippen LogP contribution in [0.3, 0.4) is 0 Å². The number of nitrogens with one attached hydrogen (secondary N) is 1. The highest BCUT2D eigenvalue weighted by Gasteiger charge is 2.24. The molecule has 0 atom stereocenters. The number of carbonyl (C=O) groups is 1. The Labute approximate surface area is 140 Å². The fourth-order valence-corrected chi connectivity index (χ4v) is 4.19. The zero-order valence-corrected chi connectivity index (χ0v) is 13.7. The number of carbonyl (C=O) groups excluding carboxylic acids is 1. The number of thioether (sulfide) groups is 1. The van der Waals surface area contributed by atoms with Gasteiger partial charge in [0.05, 0.1) is 11.3 Å². The molecule has 0 saturated heterocycles. The highest BCUT2D eigenvalue weighted by Crippen LogP contribution is 2.28. The van der Waals surface area contributed by atoms with Crippen LogP contribution in [0.5, 0.6) is 0 Å². The van der Waals surface area contributed by atoms with Gasteiger partial charge in [-0.25, -0.2) is 4.98 Å². The maximum atomic E-state index is 12.5. The number of rotatable bonds is 3. The molecular formula is C16H13N3O2S2. The fraction of sp³-hybridized carbons (Fsp3) is 0.188. The Morgan fingerprint density at radius 1 is 1.35 bits per heavy atom. The van der Waals surface area contributed by atoms with Crippen molar-refractivity contribution in [2.24, 2.45) is 0 Å². The van der Waals surface area contributed by atoms with Crippen LogP contribution in [-0.2, 0) is 11.2 Å². The second kappa shape index (κ2) is 5.82. The molecule has 3 heterocycles. The number of fused-ring (bicyclic) bond motifs is 2. The van der Waals surface area contributed by atoms with Crippen molar-refractivity contribution in [1.29, 1.82) is 0 Å². The van der Waals surface area contributed by atoms with Gasteiger partial charge in [-0.05, 0) is 29.5 Å². The quantitative estimate of drug-likeness (QED) is 0.586. The monoisotopic (exact) mass is 343 g/mol. The summed E-state index contributed by atoms with van der Waals surface area (Å²) in [7, 11) is 0. The average Bonchev–Trinajstić information content (AvgIpc) is 3.19. The first-order valence-electron chi connectivity index (χ1n) is 7.21. The Bertz CT molecular complexity index is 948. The molecule has 2 aromatic heterocycles. The van der Waals surface area contributed by atoms with E-state index in [1.165, 1.54) is 28.7 Å². The minimum absolute atomic E-state index is 0.0352. The summed E-state index contributed by atoms with van der Waals surface area (Å²) in [4.78, 5) is 33.3. The zero-order chi connectivity index (χ0) is 15.8. The van der Waals surface area contributed by atoms with E-state index in [1.54, 1.807) is 0 Å². The molecule has 4 rings (SSSR count). The smallest absolute Gasteiger partial charge is 0.269 e. The van der Waals surface area contributed by atoms with E-state index in [2.05, 4.69) is 16.0 Å². The lowest BCUT2D eigenvalue weighted by Gasteiger charge is -2.16. The Kier molecular flexibility index (Phi) is 3.66. The van der Waals surface area contributed by atoms with Crippen LogP contribution in [0, 0.1) is 0 Å². The van der Waals surface area contributed by atoms with Crippen molar-refractivity contribution in [2.75, 3.05) is 17.2 Å². The third-order valence-electron chi connectivity index (χ3n) is 3.81. The van der Waals surface area contributed by atoms with Crippen molar-refractivity contribution in [2.45, 2.75) is 11.6 Å². The lowest BCUT2D eigenvalue weighted by molar-refractivity contribution is -0.116. The predicted octanol–water partition coefficient (Wildman–Crippen LogP) is 2.67. The maximum Gasteiger partial charge on any atom is 0.269 e. The Balaban J connectivity index is 1.50. The minimum atomic E-state index is -0.147. The van der Waals surface area contributed by atoms with Crippen LogP contribution in [0.25, 0.3) is 10.2 Å². The van der Waals surface area contributed by atoms with Crippen LogP contribution < -0.4 is 10.5 Å². The van der Waals surface area contributed by atoms with Crippen LogP contribution in [0.15, 0.2) is 45.7 Å². The van der Waals surface area contributed by atoms with Crippen LogP contribution in [0.2, 0.25) is 0 Å². The Morgan fingerprint density at radius 3 is 3.13 bits per heavy atom. The molecular weight excluding hydrogens is 330 g/mol. The molecule has 0 radical (unpaired) electrons. The number of aromatic amines is 1. The SMILES string of the molecule is O=C(CSc1nc2ccsc2c(=O)[nH]1)N1CCc2ccccc21. The molecule has 1 aliphatic rings. The highest BCUT2D eigenvalue weighted by atomic mass is 32.2. The standard InChI is InChI=1S/C16H13N3O2S2/c20-13(19-7-5-10-3-1-2-4-12(10)19)9-23-16-17-11-6-8-22-14(11)15(21)18-16/h1-4,6,8H,5,7,9H2,(H,17,18,21). The average molecular weight is 343 g/mol. The van der Waals surface area contributed by atoms with E-state index < -0.39 is 0 Å². The molecule has 7 heteroatoms. The number of hydrogen-bond donors (Lipinski definition) is 1. The third kappa shape index (κ3) is 2.66. The van der Waals surface area contributed by atoms with E-state index >= 15 is 0 Å². The molecule has 0 bridgehead atoms. The van der Waals surface area contributed by atoms with Crippen LogP contribution in [-0.4, -0.2) is 28.2 Å². The molecule has 23 heavy (non-hydrogen) atoms. The lowest BCUT2D eigenvalue weighted by atomic mass is 10.2. The van der Waals surface area contributed by atoms with Gasteiger partial charge >= 0.3 is 0 Å². The summed E-state index contributed by atoms with van der Waals surface area (Å²) in [6.07, 6.45) is 0.891. The Morgan fingerprint density at radius 2 is 2.22 bits per heavy atom. The number of amides is 1. The van der Waals surface area contributed by atoms with Gasteiger partial charge in [0, 0.05) is 12.2 Å². The summed E-state index contributed by atoms with van der Waals surface area (Å²) >= 11 is 2.64. The van der Waals surface area contributed by atoms with Crippen molar-refractivity contribution < 1.29 is 4.79 Å². The molecule has 1 aromatic carbocycles. The van der Waals surface area contributed by atoms with E-state index in [0.717, 1.165) is 12.1 Å². The predicted molar refractivity (Wildman–Crippen MR) is 93.5 cm³/mol. The van der Waals surface area contributed by atoms with Gasteiger partial charge in [0.2, 0.25) is 5.91 Å². The van der Waals surface area contributed by atoms with Gasteiger partial charge in [0.1, 0.15) is 4.70 Å². The van der Waals surface area contributed by atoms with Crippen molar-refractivity contribution in [3.63, 3.8) is 0 Å². The molecule has 0 unspecified atom stereocenters. The lowest BCUT2D eigenvalue weighted by Crippen LogP contribution is -2.30. The normalized spacial score (nSPS) is 13.5. The fourth-order valence-electron chi connectivity index (χ4n) is 2.73. The first-order chi connectivity index (χ1) is 11.2. The van der Waals surface area contributed by atoms with E-state index in [9.17, 15) is 9.59 Å². The molecule has 0 spiro atoms. The number of thiophene rings is 1. The van der Waals surface area contributed by atoms with Gasteiger partial charge in [0.15, 0.2) is 5.16 Å². The molecule has 3 aromatic rings. The van der Waals surface area contributed by atoms with E-state index in [4.69, 9.17) is 0 Å². The van der Waals surface area contributed by atoms with E-state index in [-0.39, 0.29) is 17.2 Å². The topological polar surface area (TPSA) is 66.1 Å². The summed E-state index contributed by atoms with van der Waals surface area (Å²) in [5, 5.41) is 2.33. The zero-order valence-electron chi connectivity index (χ0n) is 12.1. The minimum Gasteiger partial charge on any atom is -0.311 e. The first kappa shape index (κ1) is 14.5. The van der Waals surface area contributed by atoms with Crippen molar-refractivity contribution in [3.05, 3.63) is 51.6 Å². The largest absolute Gasteiger partial charge is 0.311 e. The van der Waals surface area contributed by atoms with Gasteiger partial charge in [-0.2, -0.15) is 0 Å². The van der Waals surface area contributed by atoms with Crippen LogP contribution in [0.4, 0.5) is 5.69 Å². The summed E-state index contributed by atoms with van der Waals surface area (Å²) in [6.45, 7) is 0.715. The van der Waals surface area contributed by atoms with Crippen LogP contribution in [0.1, 0.15) is 5.56 Å². The summed E-state index contributed by atoms with van der Waals surface area (Å²) in [6, 6.07) is 9.78. The van der Waals surface area contributed by atoms with Crippen molar-refractivity contribution in [1.82, 2.24) is 9.97 Å². The van der Waals surface area contributed by atoms with E-state index in [1.807, 2.05) is 34.5 Å². The Hall–Kier alpha value is -2.12. The van der Waals surface area contributed by atoms with Gasteiger partial charge in [-0.15, -0.1) is 11.3 Å². The maximum absolute atomic E-state index is 12.5. The number of aromatic nitrogens is 2. The number of anilines is 1. The van der Waals surface area contributed by atoms with Crippen LogP contribution >= 0.6 is 23.1 Å². The first-order valence-corrected chi connectivity index (χ1v) is 9.07. The van der Waals surface area contributed by atoms with Gasteiger partial charge < -0.3 is 9.88 Å². The van der Waals surface area contributed by atoms with Gasteiger partial charge in [-0.1, -0.05) is 30.0 Å².